The molecule has 5 nitrogen and oxygen atoms in total. The highest BCUT2D eigenvalue weighted by atomic mass is 19.1. The molecule has 0 bridgehead atoms. The number of halogens is 1. The van der Waals surface area contributed by atoms with Gasteiger partial charge in [0.15, 0.2) is 0 Å². The van der Waals surface area contributed by atoms with E-state index in [1.807, 2.05) is 6.92 Å². The SMILES string of the molecule is CCOc1cc(C(=O)O)n(Cc2ccnc(F)c2)c1. The number of carbonyl (C=O) groups is 1. The Balaban J connectivity index is 2.30. The van der Waals surface area contributed by atoms with Crippen molar-refractivity contribution in [2.45, 2.75) is 13.5 Å². The molecule has 0 radical (unpaired) electrons. The Hall–Kier alpha value is -2.37. The molecule has 1 N–H and O–H groups in total. The summed E-state index contributed by atoms with van der Waals surface area (Å²) in [7, 11) is 0. The smallest absolute Gasteiger partial charge is 0.352 e. The summed E-state index contributed by atoms with van der Waals surface area (Å²) in [4.78, 5) is 14.6. The van der Waals surface area contributed by atoms with Crippen LogP contribution in [0.1, 0.15) is 23.0 Å². The Kier molecular flexibility index (Phi) is 3.79. The summed E-state index contributed by atoms with van der Waals surface area (Å²) in [6, 6.07) is 4.35. The van der Waals surface area contributed by atoms with Crippen molar-refractivity contribution in [3.05, 3.63) is 47.8 Å². The molecular weight excluding hydrogens is 251 g/mol. The van der Waals surface area contributed by atoms with Gasteiger partial charge in [0.25, 0.3) is 0 Å². The van der Waals surface area contributed by atoms with Crippen LogP contribution < -0.4 is 4.74 Å². The molecule has 0 spiro atoms. The lowest BCUT2D eigenvalue weighted by atomic mass is 10.2. The van der Waals surface area contributed by atoms with Crippen LogP contribution in [0, 0.1) is 5.95 Å². The average Bonchev–Trinajstić information content (AvgIpc) is 2.73. The quantitative estimate of drug-likeness (QED) is 0.840. The molecule has 19 heavy (non-hydrogen) atoms. The van der Waals surface area contributed by atoms with E-state index >= 15 is 0 Å². The topological polar surface area (TPSA) is 64.3 Å². The van der Waals surface area contributed by atoms with Gasteiger partial charge in [-0.1, -0.05) is 0 Å². The van der Waals surface area contributed by atoms with E-state index in [1.54, 1.807) is 12.3 Å². The first kappa shape index (κ1) is 13.1. The van der Waals surface area contributed by atoms with E-state index in [2.05, 4.69) is 4.98 Å². The lowest BCUT2D eigenvalue weighted by molar-refractivity contribution is 0.0685. The number of aromatic nitrogens is 2. The molecule has 0 saturated heterocycles. The predicted molar refractivity (Wildman–Crippen MR) is 65.9 cm³/mol. The van der Waals surface area contributed by atoms with Crippen molar-refractivity contribution in [2.75, 3.05) is 6.61 Å². The number of carboxylic acids is 1. The largest absolute Gasteiger partial charge is 0.492 e. The standard InChI is InChI=1S/C13H13FN2O3/c1-2-19-10-6-11(13(17)18)16(8-10)7-9-3-4-15-12(14)5-9/h3-6,8H,2,7H2,1H3,(H,17,18). The molecule has 2 aromatic rings. The number of carboxylic acid groups (broad SMARTS) is 1. The van der Waals surface area contributed by atoms with E-state index in [-0.39, 0.29) is 12.2 Å². The second-order valence-electron chi connectivity index (χ2n) is 3.91. The van der Waals surface area contributed by atoms with Gasteiger partial charge >= 0.3 is 5.97 Å². The Labute approximate surface area is 109 Å². The fraction of sp³-hybridized carbons (Fsp3) is 0.231. The highest BCUT2D eigenvalue weighted by Crippen LogP contribution is 2.18. The third-order valence-corrected chi connectivity index (χ3v) is 2.55. The number of ether oxygens (including phenoxy) is 1. The maximum atomic E-state index is 13.0. The molecule has 0 atom stereocenters. The number of rotatable bonds is 5. The summed E-state index contributed by atoms with van der Waals surface area (Å²) in [5, 5.41) is 9.12. The Bertz CT molecular complexity index is 595. The minimum atomic E-state index is -1.06. The summed E-state index contributed by atoms with van der Waals surface area (Å²) >= 11 is 0. The summed E-state index contributed by atoms with van der Waals surface area (Å²) in [6.45, 7) is 2.51. The Morgan fingerprint density at radius 1 is 1.53 bits per heavy atom. The second-order valence-corrected chi connectivity index (χ2v) is 3.91. The minimum absolute atomic E-state index is 0.0978. The van der Waals surface area contributed by atoms with Crippen molar-refractivity contribution in [2.24, 2.45) is 0 Å². The molecule has 0 aliphatic rings. The van der Waals surface area contributed by atoms with Gasteiger partial charge < -0.3 is 14.4 Å². The maximum absolute atomic E-state index is 13.0. The molecule has 0 fully saturated rings. The lowest BCUT2D eigenvalue weighted by Gasteiger charge is -2.05. The molecule has 0 aromatic carbocycles. The number of hydrogen-bond acceptors (Lipinski definition) is 3. The van der Waals surface area contributed by atoms with Crippen molar-refractivity contribution >= 4 is 5.97 Å². The lowest BCUT2D eigenvalue weighted by Crippen LogP contribution is -2.08. The third-order valence-electron chi connectivity index (χ3n) is 2.55. The Morgan fingerprint density at radius 3 is 2.95 bits per heavy atom. The highest BCUT2D eigenvalue weighted by Gasteiger charge is 2.13. The molecule has 6 heteroatoms. The Morgan fingerprint density at radius 2 is 2.32 bits per heavy atom. The van der Waals surface area contributed by atoms with Crippen molar-refractivity contribution < 1.29 is 19.0 Å². The molecule has 2 heterocycles. The van der Waals surface area contributed by atoms with Gasteiger partial charge in [0.05, 0.1) is 6.61 Å². The molecule has 0 unspecified atom stereocenters. The number of hydrogen-bond donors (Lipinski definition) is 1. The van der Waals surface area contributed by atoms with Gasteiger partial charge in [0.2, 0.25) is 5.95 Å². The van der Waals surface area contributed by atoms with Crippen LogP contribution in [-0.4, -0.2) is 27.2 Å². The molecule has 0 aliphatic carbocycles. The van der Waals surface area contributed by atoms with Crippen LogP contribution in [0.2, 0.25) is 0 Å². The van der Waals surface area contributed by atoms with Crippen molar-refractivity contribution in [3.63, 3.8) is 0 Å². The van der Waals surface area contributed by atoms with Gasteiger partial charge in [-0.05, 0) is 24.6 Å². The van der Waals surface area contributed by atoms with Crippen LogP contribution in [0.5, 0.6) is 5.75 Å². The van der Waals surface area contributed by atoms with Gasteiger partial charge in [-0.25, -0.2) is 9.78 Å². The van der Waals surface area contributed by atoms with Gasteiger partial charge in [0, 0.05) is 25.0 Å². The number of nitrogens with zero attached hydrogens (tertiary/aromatic N) is 2. The zero-order chi connectivity index (χ0) is 13.8. The second kappa shape index (κ2) is 5.51. The summed E-state index contributed by atoms with van der Waals surface area (Å²) in [5.74, 6) is -1.17. The van der Waals surface area contributed by atoms with Crippen molar-refractivity contribution in [3.8, 4) is 5.75 Å². The molecule has 0 aliphatic heterocycles. The number of aromatic carboxylic acids is 1. The molecular formula is C13H13FN2O3. The highest BCUT2D eigenvalue weighted by molar-refractivity contribution is 5.86. The normalized spacial score (nSPS) is 10.4. The van der Waals surface area contributed by atoms with Gasteiger partial charge in [-0.2, -0.15) is 4.39 Å². The molecule has 2 aromatic heterocycles. The van der Waals surface area contributed by atoms with E-state index in [4.69, 9.17) is 9.84 Å². The van der Waals surface area contributed by atoms with Crippen LogP contribution in [0.4, 0.5) is 4.39 Å². The van der Waals surface area contributed by atoms with Crippen LogP contribution in [0.15, 0.2) is 30.6 Å². The van der Waals surface area contributed by atoms with Crippen molar-refractivity contribution in [1.29, 1.82) is 0 Å². The molecule has 0 amide bonds. The fourth-order valence-electron chi connectivity index (χ4n) is 1.78. The van der Waals surface area contributed by atoms with Crippen LogP contribution >= 0.6 is 0 Å². The minimum Gasteiger partial charge on any atom is -0.492 e. The average molecular weight is 264 g/mol. The van der Waals surface area contributed by atoms with E-state index in [0.29, 0.717) is 17.9 Å². The first-order valence-corrected chi connectivity index (χ1v) is 5.77. The van der Waals surface area contributed by atoms with Gasteiger partial charge in [-0.15, -0.1) is 0 Å². The zero-order valence-corrected chi connectivity index (χ0v) is 10.3. The fourth-order valence-corrected chi connectivity index (χ4v) is 1.78. The first-order valence-electron chi connectivity index (χ1n) is 5.77. The van der Waals surface area contributed by atoms with Gasteiger partial charge in [-0.3, -0.25) is 0 Å². The van der Waals surface area contributed by atoms with E-state index in [9.17, 15) is 9.18 Å². The first-order chi connectivity index (χ1) is 9.10. The van der Waals surface area contributed by atoms with Crippen molar-refractivity contribution in [1.82, 2.24) is 9.55 Å². The number of pyridine rings is 1. The van der Waals surface area contributed by atoms with E-state index < -0.39 is 11.9 Å². The van der Waals surface area contributed by atoms with Crippen LogP contribution in [-0.2, 0) is 6.54 Å². The summed E-state index contributed by atoms with van der Waals surface area (Å²) in [5.41, 5.74) is 0.731. The molecule has 100 valence electrons. The van der Waals surface area contributed by atoms with E-state index in [1.165, 1.54) is 22.9 Å². The monoisotopic (exact) mass is 264 g/mol. The summed E-state index contributed by atoms with van der Waals surface area (Å²) in [6.07, 6.45) is 2.93. The van der Waals surface area contributed by atoms with Crippen LogP contribution in [0.3, 0.4) is 0 Å². The van der Waals surface area contributed by atoms with E-state index in [0.717, 1.165) is 0 Å². The zero-order valence-electron chi connectivity index (χ0n) is 10.3. The predicted octanol–water partition coefficient (Wildman–Crippen LogP) is 2.17. The maximum Gasteiger partial charge on any atom is 0.352 e. The van der Waals surface area contributed by atoms with Crippen LogP contribution in [0.25, 0.3) is 0 Å². The van der Waals surface area contributed by atoms with Gasteiger partial charge in [0.1, 0.15) is 11.4 Å². The third kappa shape index (κ3) is 3.09. The summed E-state index contributed by atoms with van der Waals surface area (Å²) < 4.78 is 19.8. The molecule has 0 saturated carbocycles. The molecule has 2 rings (SSSR count).